The molecule has 0 spiro atoms. The third kappa shape index (κ3) is 2.97. The minimum Gasteiger partial charge on any atom is -0.380 e. The highest BCUT2D eigenvalue weighted by atomic mass is 79.9. The van der Waals surface area contributed by atoms with Gasteiger partial charge in [-0.05, 0) is 49.8 Å². The zero-order chi connectivity index (χ0) is 11.5. The average Bonchev–Trinajstić information content (AvgIpc) is 2.25. The molecule has 88 valence electrons. The molecule has 0 atom stereocenters. The average molecular weight is 286 g/mol. The molecule has 0 radical (unpaired) electrons. The molecule has 0 aromatic heterocycles. The lowest BCUT2D eigenvalue weighted by Crippen LogP contribution is -2.25. The van der Waals surface area contributed by atoms with Crippen LogP contribution in [0.2, 0.25) is 0 Å². The topological polar surface area (TPSA) is 12.0 Å². The van der Waals surface area contributed by atoms with Gasteiger partial charge in [-0.3, -0.25) is 0 Å². The molecule has 1 aliphatic rings. The van der Waals surface area contributed by atoms with E-state index in [-0.39, 0.29) is 5.82 Å². The Labute approximate surface area is 105 Å². The number of hydrogen-bond donors (Lipinski definition) is 1. The maximum absolute atomic E-state index is 13.6. The van der Waals surface area contributed by atoms with Crippen molar-refractivity contribution in [2.24, 2.45) is 5.92 Å². The van der Waals surface area contributed by atoms with Crippen LogP contribution in [0.4, 0.5) is 10.1 Å². The first-order valence-electron chi connectivity index (χ1n) is 5.87. The second-order valence-electron chi connectivity index (χ2n) is 4.73. The van der Waals surface area contributed by atoms with Crippen LogP contribution >= 0.6 is 15.9 Å². The number of anilines is 1. The molecule has 1 aromatic rings. The predicted octanol–water partition coefficient (Wildman–Crippen LogP) is 4.58. The van der Waals surface area contributed by atoms with Gasteiger partial charge in [-0.15, -0.1) is 0 Å². The molecular weight excluding hydrogens is 269 g/mol. The van der Waals surface area contributed by atoms with Crippen molar-refractivity contribution in [3.8, 4) is 0 Å². The fourth-order valence-corrected chi connectivity index (χ4v) is 2.56. The number of hydrogen-bond acceptors (Lipinski definition) is 1. The minimum absolute atomic E-state index is 0.173. The van der Waals surface area contributed by atoms with E-state index in [2.05, 4.69) is 28.2 Å². The first-order valence-corrected chi connectivity index (χ1v) is 6.66. The summed E-state index contributed by atoms with van der Waals surface area (Å²) in [6.45, 7) is 2.29. The van der Waals surface area contributed by atoms with E-state index >= 15 is 0 Å². The molecule has 0 bridgehead atoms. The summed E-state index contributed by atoms with van der Waals surface area (Å²) in [7, 11) is 0. The van der Waals surface area contributed by atoms with Crippen LogP contribution in [0.25, 0.3) is 0 Å². The molecule has 2 rings (SSSR count). The highest BCUT2D eigenvalue weighted by molar-refractivity contribution is 9.10. The monoisotopic (exact) mass is 285 g/mol. The maximum Gasteiger partial charge on any atom is 0.147 e. The molecule has 1 fully saturated rings. The van der Waals surface area contributed by atoms with Gasteiger partial charge in [0.05, 0.1) is 5.69 Å². The highest BCUT2D eigenvalue weighted by Gasteiger charge is 2.18. The van der Waals surface area contributed by atoms with E-state index in [0.717, 1.165) is 23.2 Å². The molecule has 0 amide bonds. The summed E-state index contributed by atoms with van der Waals surface area (Å²) in [4.78, 5) is 0. The zero-order valence-corrected chi connectivity index (χ0v) is 11.1. The summed E-state index contributed by atoms with van der Waals surface area (Å²) in [6.07, 6.45) is 4.79. The van der Waals surface area contributed by atoms with Gasteiger partial charge in [0.2, 0.25) is 0 Å². The van der Waals surface area contributed by atoms with Crippen molar-refractivity contribution in [1.29, 1.82) is 0 Å². The van der Waals surface area contributed by atoms with Gasteiger partial charge >= 0.3 is 0 Å². The van der Waals surface area contributed by atoms with Gasteiger partial charge in [0.1, 0.15) is 5.82 Å². The Balaban J connectivity index is 1.98. The van der Waals surface area contributed by atoms with Gasteiger partial charge in [0, 0.05) is 10.5 Å². The van der Waals surface area contributed by atoms with Crippen molar-refractivity contribution in [3.05, 3.63) is 28.5 Å². The first kappa shape index (κ1) is 11.9. The Kier molecular flexibility index (Phi) is 3.85. The summed E-state index contributed by atoms with van der Waals surface area (Å²) in [6, 6.07) is 5.62. The fraction of sp³-hybridized carbons (Fsp3) is 0.538. The van der Waals surface area contributed by atoms with Crippen LogP contribution < -0.4 is 5.32 Å². The molecule has 0 unspecified atom stereocenters. The second-order valence-corrected chi connectivity index (χ2v) is 5.64. The van der Waals surface area contributed by atoms with Crippen molar-refractivity contribution < 1.29 is 4.39 Å². The molecule has 0 saturated heterocycles. The van der Waals surface area contributed by atoms with Crippen LogP contribution in [-0.4, -0.2) is 6.04 Å². The quantitative estimate of drug-likeness (QED) is 0.839. The van der Waals surface area contributed by atoms with Gasteiger partial charge in [-0.25, -0.2) is 4.39 Å². The second kappa shape index (κ2) is 5.17. The molecule has 1 saturated carbocycles. The van der Waals surface area contributed by atoms with Crippen LogP contribution in [-0.2, 0) is 0 Å². The van der Waals surface area contributed by atoms with Crippen molar-refractivity contribution in [2.75, 3.05) is 5.32 Å². The Hall–Kier alpha value is -0.570. The van der Waals surface area contributed by atoms with E-state index in [4.69, 9.17) is 0 Å². The normalized spacial score (nSPS) is 25.4. The first-order chi connectivity index (χ1) is 7.65. The molecule has 0 heterocycles. The molecule has 1 nitrogen and oxygen atoms in total. The van der Waals surface area contributed by atoms with Crippen molar-refractivity contribution in [2.45, 2.75) is 38.6 Å². The lowest BCUT2D eigenvalue weighted by molar-refractivity contribution is 0.360. The van der Waals surface area contributed by atoms with Crippen LogP contribution in [0.3, 0.4) is 0 Å². The van der Waals surface area contributed by atoms with Crippen LogP contribution in [0.15, 0.2) is 22.7 Å². The summed E-state index contributed by atoms with van der Waals surface area (Å²) in [5, 5.41) is 3.30. The standard InChI is InChI=1S/C13H17BrFN/c1-9-2-5-11(6-3-9)16-13-7-4-10(14)8-12(13)15/h4,7-9,11,16H,2-3,5-6H2,1H3. The van der Waals surface area contributed by atoms with Gasteiger partial charge in [-0.2, -0.15) is 0 Å². The lowest BCUT2D eigenvalue weighted by atomic mass is 9.87. The predicted molar refractivity (Wildman–Crippen MR) is 69.1 cm³/mol. The van der Waals surface area contributed by atoms with E-state index in [1.54, 1.807) is 6.07 Å². The lowest BCUT2D eigenvalue weighted by Gasteiger charge is -2.27. The molecular formula is C13H17BrFN. The smallest absolute Gasteiger partial charge is 0.147 e. The Morgan fingerprint density at radius 3 is 2.56 bits per heavy atom. The Morgan fingerprint density at radius 2 is 1.94 bits per heavy atom. The molecule has 1 aromatic carbocycles. The van der Waals surface area contributed by atoms with Crippen LogP contribution in [0.5, 0.6) is 0 Å². The van der Waals surface area contributed by atoms with Gasteiger partial charge < -0.3 is 5.32 Å². The molecule has 3 heteroatoms. The van der Waals surface area contributed by atoms with E-state index in [1.165, 1.54) is 18.9 Å². The molecule has 0 aliphatic heterocycles. The molecule has 1 aliphatic carbocycles. The third-order valence-corrected chi connectivity index (χ3v) is 3.80. The van der Waals surface area contributed by atoms with Gasteiger partial charge in [-0.1, -0.05) is 22.9 Å². The largest absolute Gasteiger partial charge is 0.380 e. The number of nitrogens with one attached hydrogen (secondary N) is 1. The van der Waals surface area contributed by atoms with Crippen LogP contribution in [0, 0.1) is 11.7 Å². The number of halogens is 2. The highest BCUT2D eigenvalue weighted by Crippen LogP contribution is 2.27. The molecule has 16 heavy (non-hydrogen) atoms. The van der Waals surface area contributed by atoms with Crippen LogP contribution in [0.1, 0.15) is 32.6 Å². The SMILES string of the molecule is CC1CCC(Nc2ccc(Br)cc2F)CC1. The van der Waals surface area contributed by atoms with Gasteiger partial charge in [0.25, 0.3) is 0 Å². The summed E-state index contributed by atoms with van der Waals surface area (Å²) in [5.74, 6) is 0.654. The van der Waals surface area contributed by atoms with E-state index in [0.29, 0.717) is 11.7 Å². The van der Waals surface area contributed by atoms with E-state index in [9.17, 15) is 4.39 Å². The molecule has 1 N–H and O–H groups in total. The van der Waals surface area contributed by atoms with E-state index in [1.807, 2.05) is 6.07 Å². The number of rotatable bonds is 2. The number of benzene rings is 1. The minimum atomic E-state index is -0.173. The van der Waals surface area contributed by atoms with Crippen molar-refractivity contribution >= 4 is 21.6 Å². The zero-order valence-electron chi connectivity index (χ0n) is 9.47. The summed E-state index contributed by atoms with van der Waals surface area (Å²) >= 11 is 3.26. The third-order valence-electron chi connectivity index (χ3n) is 3.31. The maximum atomic E-state index is 13.6. The van der Waals surface area contributed by atoms with Crippen molar-refractivity contribution in [3.63, 3.8) is 0 Å². The Morgan fingerprint density at radius 1 is 1.25 bits per heavy atom. The Bertz CT molecular complexity index is 359. The van der Waals surface area contributed by atoms with E-state index < -0.39 is 0 Å². The summed E-state index contributed by atoms with van der Waals surface area (Å²) < 4.78 is 14.4. The van der Waals surface area contributed by atoms with Crippen molar-refractivity contribution in [1.82, 2.24) is 0 Å². The van der Waals surface area contributed by atoms with Gasteiger partial charge in [0.15, 0.2) is 0 Å². The fourth-order valence-electron chi connectivity index (χ4n) is 2.23. The summed E-state index contributed by atoms with van der Waals surface area (Å²) in [5.41, 5.74) is 0.628.